The molecule has 1 saturated heterocycles. The average molecular weight is 253 g/mol. The van der Waals surface area contributed by atoms with Gasteiger partial charge >= 0.3 is 0 Å². The molecule has 1 atom stereocenters. The molecule has 1 aromatic carbocycles. The minimum Gasteiger partial charge on any atom is -0.342 e. The number of carbonyl (C=O) groups is 1. The van der Waals surface area contributed by atoms with Gasteiger partial charge in [0.05, 0.1) is 0 Å². The summed E-state index contributed by atoms with van der Waals surface area (Å²) in [4.78, 5) is 13.6. The number of likely N-dealkylation sites (tertiary alicyclic amines) is 1. The van der Waals surface area contributed by atoms with Crippen LogP contribution in [0.4, 0.5) is 0 Å². The highest BCUT2D eigenvalue weighted by Gasteiger charge is 2.27. The van der Waals surface area contributed by atoms with Gasteiger partial charge in [-0.25, -0.2) is 0 Å². The molecule has 0 aliphatic carbocycles. The van der Waals surface area contributed by atoms with E-state index in [9.17, 15) is 4.79 Å². The van der Waals surface area contributed by atoms with Crippen LogP contribution in [0.15, 0.2) is 24.3 Å². The van der Waals surface area contributed by atoms with E-state index in [0.717, 1.165) is 24.5 Å². The molecule has 0 radical (unpaired) electrons. The maximum atomic E-state index is 11.7. The molecule has 0 spiro atoms. The average Bonchev–Trinajstić information content (AvgIpc) is 2.68. The lowest BCUT2D eigenvalue weighted by Gasteiger charge is -2.16. The van der Waals surface area contributed by atoms with Crippen molar-refractivity contribution in [3.63, 3.8) is 0 Å². The number of rotatable bonds is 4. The fourth-order valence-corrected chi connectivity index (χ4v) is 2.40. The molecule has 1 aliphatic heterocycles. The summed E-state index contributed by atoms with van der Waals surface area (Å²) in [7, 11) is 0. The standard InChI is InChI=1S/C13H17ClN2O/c14-12-3-1-2-10(6-12)4-5-16-9-11(8-15)7-13(16)17/h1-3,6,11H,4-5,7-9,15H2/t11-/m1/s1. The Morgan fingerprint density at radius 3 is 2.94 bits per heavy atom. The number of benzene rings is 1. The molecule has 1 heterocycles. The van der Waals surface area contributed by atoms with E-state index in [1.165, 1.54) is 5.56 Å². The van der Waals surface area contributed by atoms with Crippen molar-refractivity contribution in [2.75, 3.05) is 19.6 Å². The first-order valence-electron chi connectivity index (χ1n) is 5.91. The van der Waals surface area contributed by atoms with Crippen LogP contribution >= 0.6 is 11.6 Å². The number of amides is 1. The van der Waals surface area contributed by atoms with Crippen molar-refractivity contribution in [3.05, 3.63) is 34.9 Å². The Labute approximate surface area is 107 Å². The van der Waals surface area contributed by atoms with E-state index in [0.29, 0.717) is 18.9 Å². The van der Waals surface area contributed by atoms with Crippen molar-refractivity contribution in [2.24, 2.45) is 11.7 Å². The number of hydrogen-bond donors (Lipinski definition) is 1. The molecular weight excluding hydrogens is 236 g/mol. The van der Waals surface area contributed by atoms with Gasteiger partial charge < -0.3 is 10.6 Å². The van der Waals surface area contributed by atoms with Gasteiger partial charge in [0.15, 0.2) is 0 Å². The maximum Gasteiger partial charge on any atom is 0.222 e. The summed E-state index contributed by atoms with van der Waals surface area (Å²) in [6, 6.07) is 7.78. The number of nitrogens with two attached hydrogens (primary N) is 1. The highest BCUT2D eigenvalue weighted by atomic mass is 35.5. The van der Waals surface area contributed by atoms with Gasteiger partial charge in [0.25, 0.3) is 0 Å². The maximum absolute atomic E-state index is 11.7. The first-order valence-corrected chi connectivity index (χ1v) is 6.29. The molecule has 2 N–H and O–H groups in total. The number of hydrogen-bond acceptors (Lipinski definition) is 2. The second-order valence-corrected chi connectivity index (χ2v) is 4.96. The number of halogens is 1. The van der Waals surface area contributed by atoms with Gasteiger partial charge in [-0.1, -0.05) is 23.7 Å². The number of nitrogens with zero attached hydrogens (tertiary/aromatic N) is 1. The minimum absolute atomic E-state index is 0.225. The van der Waals surface area contributed by atoms with E-state index in [1.54, 1.807) is 0 Å². The monoisotopic (exact) mass is 252 g/mol. The van der Waals surface area contributed by atoms with Crippen LogP contribution in [0.3, 0.4) is 0 Å². The third-order valence-electron chi connectivity index (χ3n) is 3.19. The third kappa shape index (κ3) is 3.20. The van der Waals surface area contributed by atoms with Crippen LogP contribution < -0.4 is 5.73 Å². The van der Waals surface area contributed by atoms with Crippen molar-refractivity contribution in [2.45, 2.75) is 12.8 Å². The van der Waals surface area contributed by atoms with E-state index in [-0.39, 0.29) is 5.91 Å². The van der Waals surface area contributed by atoms with Crippen molar-refractivity contribution in [1.29, 1.82) is 0 Å². The molecule has 0 unspecified atom stereocenters. The SMILES string of the molecule is NC[C@H]1CC(=O)N(CCc2cccc(Cl)c2)C1. The predicted octanol–water partition coefficient (Wildman–Crippen LogP) is 1.69. The summed E-state index contributed by atoms with van der Waals surface area (Å²) in [6.45, 7) is 2.16. The molecule has 2 rings (SSSR count). The van der Waals surface area contributed by atoms with Crippen LogP contribution in [-0.2, 0) is 11.2 Å². The minimum atomic E-state index is 0.225. The van der Waals surface area contributed by atoms with Crippen molar-refractivity contribution in [1.82, 2.24) is 4.90 Å². The lowest BCUT2D eigenvalue weighted by molar-refractivity contribution is -0.127. The van der Waals surface area contributed by atoms with Gasteiger partial charge in [0.2, 0.25) is 5.91 Å². The molecule has 1 amide bonds. The van der Waals surface area contributed by atoms with E-state index < -0.39 is 0 Å². The summed E-state index contributed by atoms with van der Waals surface area (Å²) >= 11 is 5.92. The molecule has 1 aliphatic rings. The Hall–Kier alpha value is -1.06. The van der Waals surface area contributed by atoms with Crippen molar-refractivity contribution in [3.8, 4) is 0 Å². The lowest BCUT2D eigenvalue weighted by Crippen LogP contribution is -2.28. The van der Waals surface area contributed by atoms with Crippen LogP contribution in [0, 0.1) is 5.92 Å². The second kappa shape index (κ2) is 5.52. The zero-order valence-corrected chi connectivity index (χ0v) is 10.5. The van der Waals surface area contributed by atoms with E-state index in [1.807, 2.05) is 29.2 Å². The molecule has 3 nitrogen and oxygen atoms in total. The fourth-order valence-electron chi connectivity index (χ4n) is 2.18. The highest BCUT2D eigenvalue weighted by molar-refractivity contribution is 6.30. The van der Waals surface area contributed by atoms with Gasteiger partial charge in [-0.15, -0.1) is 0 Å². The van der Waals surface area contributed by atoms with Crippen LogP contribution in [0.25, 0.3) is 0 Å². The summed E-state index contributed by atoms with van der Waals surface area (Å²) in [5.41, 5.74) is 6.76. The summed E-state index contributed by atoms with van der Waals surface area (Å²) in [5.74, 6) is 0.560. The van der Waals surface area contributed by atoms with Gasteiger partial charge in [0, 0.05) is 24.5 Å². The van der Waals surface area contributed by atoms with Crippen molar-refractivity contribution >= 4 is 17.5 Å². The molecule has 0 saturated carbocycles. The van der Waals surface area contributed by atoms with E-state index in [2.05, 4.69) is 0 Å². The zero-order valence-electron chi connectivity index (χ0n) is 9.73. The first kappa shape index (κ1) is 12.4. The van der Waals surface area contributed by atoms with E-state index >= 15 is 0 Å². The molecular formula is C13H17ClN2O. The molecule has 1 fully saturated rings. The quantitative estimate of drug-likeness (QED) is 0.887. The highest BCUT2D eigenvalue weighted by Crippen LogP contribution is 2.17. The van der Waals surface area contributed by atoms with Gasteiger partial charge in [0.1, 0.15) is 0 Å². The van der Waals surface area contributed by atoms with Gasteiger partial charge in [-0.05, 0) is 36.6 Å². The first-order chi connectivity index (χ1) is 8.19. The summed E-state index contributed by atoms with van der Waals surface area (Å²) < 4.78 is 0. The van der Waals surface area contributed by atoms with Crippen LogP contribution in [0.2, 0.25) is 5.02 Å². The van der Waals surface area contributed by atoms with Crippen LogP contribution in [0.1, 0.15) is 12.0 Å². The Kier molecular flexibility index (Phi) is 4.02. The van der Waals surface area contributed by atoms with Crippen LogP contribution in [-0.4, -0.2) is 30.4 Å². The Bertz CT molecular complexity index is 408. The van der Waals surface area contributed by atoms with Gasteiger partial charge in [-0.2, -0.15) is 0 Å². The molecule has 0 bridgehead atoms. The van der Waals surface area contributed by atoms with Crippen LogP contribution in [0.5, 0.6) is 0 Å². The topological polar surface area (TPSA) is 46.3 Å². The van der Waals surface area contributed by atoms with Crippen molar-refractivity contribution < 1.29 is 4.79 Å². The Balaban J connectivity index is 1.88. The largest absolute Gasteiger partial charge is 0.342 e. The normalized spacial score (nSPS) is 20.0. The molecule has 92 valence electrons. The Morgan fingerprint density at radius 1 is 1.47 bits per heavy atom. The third-order valence-corrected chi connectivity index (χ3v) is 3.42. The van der Waals surface area contributed by atoms with E-state index in [4.69, 9.17) is 17.3 Å². The Morgan fingerprint density at radius 2 is 2.29 bits per heavy atom. The molecule has 17 heavy (non-hydrogen) atoms. The molecule has 0 aromatic heterocycles. The zero-order chi connectivity index (χ0) is 12.3. The molecule has 1 aromatic rings. The number of carbonyl (C=O) groups excluding carboxylic acids is 1. The summed E-state index contributed by atoms with van der Waals surface area (Å²) in [5, 5.41) is 0.745. The van der Waals surface area contributed by atoms with Gasteiger partial charge in [-0.3, -0.25) is 4.79 Å². The smallest absolute Gasteiger partial charge is 0.222 e. The lowest BCUT2D eigenvalue weighted by atomic mass is 10.1. The summed E-state index contributed by atoms with van der Waals surface area (Å²) in [6.07, 6.45) is 1.45. The molecule has 4 heteroatoms. The fraction of sp³-hybridized carbons (Fsp3) is 0.462. The predicted molar refractivity (Wildman–Crippen MR) is 68.9 cm³/mol. The second-order valence-electron chi connectivity index (χ2n) is 4.53.